The summed E-state index contributed by atoms with van der Waals surface area (Å²) in [6, 6.07) is 9.96. The number of carbonyl (C=O) groups is 2. The van der Waals surface area contributed by atoms with Gasteiger partial charge >= 0.3 is 0 Å². The number of hydrogen-bond acceptors (Lipinski definition) is 3. The highest BCUT2D eigenvalue weighted by Gasteiger charge is 2.35. The van der Waals surface area contributed by atoms with Crippen molar-refractivity contribution in [3.63, 3.8) is 0 Å². The normalized spacial score (nSPS) is 18.4. The smallest absolute Gasteiger partial charge is 0.237 e. The Morgan fingerprint density at radius 2 is 1.93 bits per heavy atom. The van der Waals surface area contributed by atoms with E-state index in [4.69, 9.17) is 0 Å². The highest BCUT2D eigenvalue weighted by molar-refractivity contribution is 5.89. The number of nitrogens with zero attached hydrogens (tertiary/aromatic N) is 2. The largest absolute Gasteiger partial charge is 0.353 e. The predicted molar refractivity (Wildman–Crippen MR) is 109 cm³/mol. The molecule has 0 aromatic heterocycles. The molecule has 1 saturated heterocycles. The maximum atomic E-state index is 13.1. The molecule has 1 aromatic rings. The van der Waals surface area contributed by atoms with Crippen LogP contribution in [0.1, 0.15) is 46.6 Å². The average molecular weight is 374 g/mol. The fraction of sp³-hybridized carbons (Fsp3) is 0.636. The third kappa shape index (κ3) is 6.65. The van der Waals surface area contributed by atoms with Crippen LogP contribution in [0.15, 0.2) is 30.3 Å². The zero-order valence-corrected chi connectivity index (χ0v) is 17.5. The number of benzene rings is 1. The standard InChI is InChI=1S/C22H35N3O2/c1-17(2)25(13-11-18-9-7-6-8-10-18)20(26)15-19-21(27)23-12-14-24(19)16-22(3,4)5/h6-10,17,19H,11-16H2,1-5H3,(H,23,27)/t19-/m0/s1. The first-order valence-electron chi connectivity index (χ1n) is 10.0. The lowest BCUT2D eigenvalue weighted by molar-refractivity contribution is -0.140. The van der Waals surface area contributed by atoms with Gasteiger partial charge in [0.25, 0.3) is 0 Å². The van der Waals surface area contributed by atoms with Gasteiger partial charge in [0, 0.05) is 32.2 Å². The second-order valence-corrected chi connectivity index (χ2v) is 8.96. The number of rotatable bonds is 7. The molecule has 1 N–H and O–H groups in total. The molecule has 1 heterocycles. The van der Waals surface area contributed by atoms with E-state index in [9.17, 15) is 9.59 Å². The van der Waals surface area contributed by atoms with Crippen LogP contribution in [0.4, 0.5) is 0 Å². The molecule has 0 saturated carbocycles. The lowest BCUT2D eigenvalue weighted by Crippen LogP contribution is -2.58. The molecular weight excluding hydrogens is 338 g/mol. The fourth-order valence-corrected chi connectivity index (χ4v) is 3.63. The van der Waals surface area contributed by atoms with Gasteiger partial charge in [-0.25, -0.2) is 0 Å². The van der Waals surface area contributed by atoms with Crippen LogP contribution < -0.4 is 5.32 Å². The monoisotopic (exact) mass is 373 g/mol. The van der Waals surface area contributed by atoms with Crippen molar-refractivity contribution in [2.45, 2.75) is 59.5 Å². The summed E-state index contributed by atoms with van der Waals surface area (Å²) >= 11 is 0. The summed E-state index contributed by atoms with van der Waals surface area (Å²) in [6.45, 7) is 13.5. The Bertz CT molecular complexity index is 622. The average Bonchev–Trinajstić information content (AvgIpc) is 2.57. The van der Waals surface area contributed by atoms with Crippen LogP contribution in [0.25, 0.3) is 0 Å². The predicted octanol–water partition coefficient (Wildman–Crippen LogP) is 2.70. The molecule has 1 atom stereocenters. The minimum Gasteiger partial charge on any atom is -0.353 e. The molecule has 5 nitrogen and oxygen atoms in total. The van der Waals surface area contributed by atoms with Gasteiger partial charge in [-0.05, 0) is 31.2 Å². The summed E-state index contributed by atoms with van der Waals surface area (Å²) < 4.78 is 0. The summed E-state index contributed by atoms with van der Waals surface area (Å²) in [6.07, 6.45) is 1.07. The minimum absolute atomic E-state index is 0.0226. The molecule has 0 bridgehead atoms. The summed E-state index contributed by atoms with van der Waals surface area (Å²) in [5, 5.41) is 2.93. The number of hydrogen-bond donors (Lipinski definition) is 1. The van der Waals surface area contributed by atoms with Gasteiger partial charge in [-0.3, -0.25) is 14.5 Å². The molecule has 0 spiro atoms. The van der Waals surface area contributed by atoms with Crippen LogP contribution >= 0.6 is 0 Å². The molecule has 2 rings (SSSR count). The van der Waals surface area contributed by atoms with Gasteiger partial charge in [-0.15, -0.1) is 0 Å². The second-order valence-electron chi connectivity index (χ2n) is 8.96. The van der Waals surface area contributed by atoms with E-state index in [1.807, 2.05) is 36.9 Å². The molecule has 1 aliphatic heterocycles. The lowest BCUT2D eigenvalue weighted by atomic mass is 9.94. The molecule has 150 valence electrons. The zero-order valence-electron chi connectivity index (χ0n) is 17.5. The number of nitrogens with one attached hydrogen (secondary N) is 1. The summed E-state index contributed by atoms with van der Waals surface area (Å²) in [5.41, 5.74) is 1.31. The van der Waals surface area contributed by atoms with Crippen molar-refractivity contribution in [1.29, 1.82) is 0 Å². The van der Waals surface area contributed by atoms with Crippen molar-refractivity contribution in [3.05, 3.63) is 35.9 Å². The fourth-order valence-electron chi connectivity index (χ4n) is 3.63. The van der Waals surface area contributed by atoms with Crippen LogP contribution in [-0.4, -0.2) is 59.9 Å². The van der Waals surface area contributed by atoms with Gasteiger partial charge in [0.2, 0.25) is 11.8 Å². The molecule has 1 aliphatic rings. The quantitative estimate of drug-likeness (QED) is 0.799. The van der Waals surface area contributed by atoms with E-state index in [1.54, 1.807) is 0 Å². The summed E-state index contributed by atoms with van der Waals surface area (Å²) in [4.78, 5) is 29.6. The van der Waals surface area contributed by atoms with E-state index in [2.05, 4.69) is 43.1 Å². The molecule has 27 heavy (non-hydrogen) atoms. The van der Waals surface area contributed by atoms with E-state index in [1.165, 1.54) is 5.56 Å². The van der Waals surface area contributed by atoms with E-state index >= 15 is 0 Å². The Morgan fingerprint density at radius 1 is 1.26 bits per heavy atom. The molecule has 5 heteroatoms. The molecular formula is C22H35N3O2. The maximum Gasteiger partial charge on any atom is 0.237 e. The molecule has 0 radical (unpaired) electrons. The Morgan fingerprint density at radius 3 is 2.52 bits per heavy atom. The van der Waals surface area contributed by atoms with Crippen molar-refractivity contribution in [1.82, 2.24) is 15.1 Å². The third-order valence-electron chi connectivity index (χ3n) is 4.91. The van der Waals surface area contributed by atoms with Crippen molar-refractivity contribution in [2.75, 3.05) is 26.2 Å². The Labute approximate surface area is 164 Å². The minimum atomic E-state index is -0.372. The maximum absolute atomic E-state index is 13.1. The number of amides is 2. The van der Waals surface area contributed by atoms with E-state index in [0.29, 0.717) is 13.1 Å². The zero-order chi connectivity index (χ0) is 20.0. The Hall–Kier alpha value is -1.88. The second kappa shape index (κ2) is 9.36. The van der Waals surface area contributed by atoms with Gasteiger partial charge in [0.15, 0.2) is 0 Å². The summed E-state index contributed by atoms with van der Waals surface area (Å²) in [5.74, 6) is 0.0347. The van der Waals surface area contributed by atoms with Crippen LogP contribution in [0.3, 0.4) is 0 Å². The lowest BCUT2D eigenvalue weighted by Gasteiger charge is -2.39. The first kappa shape index (κ1) is 21.4. The van der Waals surface area contributed by atoms with Crippen LogP contribution in [0.5, 0.6) is 0 Å². The topological polar surface area (TPSA) is 52.7 Å². The SMILES string of the molecule is CC(C)N(CCc1ccccc1)C(=O)C[C@H]1C(=O)NCCN1CC(C)(C)C. The molecule has 2 amide bonds. The number of carbonyl (C=O) groups excluding carboxylic acids is 2. The van der Waals surface area contributed by atoms with Crippen LogP contribution in [0, 0.1) is 5.41 Å². The molecule has 1 aromatic carbocycles. The van der Waals surface area contributed by atoms with Gasteiger partial charge < -0.3 is 10.2 Å². The van der Waals surface area contributed by atoms with E-state index < -0.39 is 0 Å². The van der Waals surface area contributed by atoms with Gasteiger partial charge in [0.05, 0.1) is 12.5 Å². The van der Waals surface area contributed by atoms with E-state index in [-0.39, 0.29) is 35.7 Å². The molecule has 0 aliphatic carbocycles. The van der Waals surface area contributed by atoms with Crippen molar-refractivity contribution in [3.8, 4) is 0 Å². The first-order valence-corrected chi connectivity index (χ1v) is 10.0. The van der Waals surface area contributed by atoms with Gasteiger partial charge in [-0.2, -0.15) is 0 Å². The van der Waals surface area contributed by atoms with Crippen molar-refractivity contribution < 1.29 is 9.59 Å². The van der Waals surface area contributed by atoms with Crippen molar-refractivity contribution >= 4 is 11.8 Å². The van der Waals surface area contributed by atoms with Gasteiger partial charge in [0.1, 0.15) is 0 Å². The third-order valence-corrected chi connectivity index (χ3v) is 4.91. The highest BCUT2D eigenvalue weighted by Crippen LogP contribution is 2.20. The molecule has 1 fully saturated rings. The molecule has 0 unspecified atom stereocenters. The van der Waals surface area contributed by atoms with Gasteiger partial charge in [-0.1, -0.05) is 51.1 Å². The summed E-state index contributed by atoms with van der Waals surface area (Å²) in [7, 11) is 0. The van der Waals surface area contributed by atoms with Crippen molar-refractivity contribution in [2.24, 2.45) is 5.41 Å². The van der Waals surface area contributed by atoms with Crippen LogP contribution in [-0.2, 0) is 16.0 Å². The number of piperazine rings is 1. The highest BCUT2D eigenvalue weighted by atomic mass is 16.2. The Balaban J connectivity index is 2.04. The first-order chi connectivity index (χ1) is 12.7. The van der Waals surface area contributed by atoms with Crippen LogP contribution in [0.2, 0.25) is 0 Å². The Kier molecular flexibility index (Phi) is 7.42. The van der Waals surface area contributed by atoms with E-state index in [0.717, 1.165) is 19.5 Å².